The molecule has 1 atom stereocenters. The van der Waals surface area contributed by atoms with Gasteiger partial charge in [-0.25, -0.2) is 0 Å². The molecule has 3 nitrogen and oxygen atoms in total. The summed E-state index contributed by atoms with van der Waals surface area (Å²) in [7, 11) is 1.96. The molecule has 3 rings (SSSR count). The average molecular weight is 289 g/mol. The van der Waals surface area contributed by atoms with Crippen LogP contribution in [0.2, 0.25) is 0 Å². The van der Waals surface area contributed by atoms with E-state index in [2.05, 4.69) is 17.4 Å². The van der Waals surface area contributed by atoms with Gasteiger partial charge >= 0.3 is 0 Å². The second kappa shape index (κ2) is 6.10. The quantitative estimate of drug-likeness (QED) is 0.877. The minimum Gasteiger partial charge on any atom is -0.323 e. The van der Waals surface area contributed by atoms with Crippen molar-refractivity contribution in [2.45, 2.75) is 51.0 Å². The van der Waals surface area contributed by atoms with Crippen LogP contribution >= 0.6 is 11.3 Å². The first kappa shape index (κ1) is 13.8. The second-order valence-corrected chi connectivity index (χ2v) is 6.99. The predicted octanol–water partition coefficient (Wildman–Crippen LogP) is 3.38. The van der Waals surface area contributed by atoms with Crippen LogP contribution in [0.15, 0.2) is 18.5 Å². The number of hydrogen-bond donors (Lipinski definition) is 1. The lowest BCUT2D eigenvalue weighted by Gasteiger charge is -2.08. The largest absolute Gasteiger partial charge is 0.323 e. The predicted molar refractivity (Wildman–Crippen MR) is 84.0 cm³/mol. The molecular formula is C16H23N3S. The van der Waals surface area contributed by atoms with Gasteiger partial charge < -0.3 is 5.73 Å². The number of nitrogens with zero attached hydrogens (tertiary/aromatic N) is 2. The van der Waals surface area contributed by atoms with Crippen LogP contribution in [0.4, 0.5) is 0 Å². The van der Waals surface area contributed by atoms with E-state index in [9.17, 15) is 0 Å². The fraction of sp³-hybridized carbons (Fsp3) is 0.562. The van der Waals surface area contributed by atoms with Crippen LogP contribution in [0.25, 0.3) is 0 Å². The van der Waals surface area contributed by atoms with E-state index >= 15 is 0 Å². The monoisotopic (exact) mass is 289 g/mol. The average Bonchev–Trinajstić information content (AvgIpc) is 2.97. The Balaban J connectivity index is 1.63. The van der Waals surface area contributed by atoms with Crippen LogP contribution in [0.5, 0.6) is 0 Å². The van der Waals surface area contributed by atoms with Crippen molar-refractivity contribution in [2.24, 2.45) is 12.8 Å². The van der Waals surface area contributed by atoms with Crippen LogP contribution in [-0.4, -0.2) is 9.78 Å². The number of hydrogen-bond acceptors (Lipinski definition) is 3. The van der Waals surface area contributed by atoms with Gasteiger partial charge in [-0.3, -0.25) is 4.68 Å². The van der Waals surface area contributed by atoms with E-state index in [1.165, 1.54) is 42.5 Å². The molecule has 0 saturated heterocycles. The zero-order valence-corrected chi connectivity index (χ0v) is 13.0. The highest BCUT2D eigenvalue weighted by Crippen LogP contribution is 2.32. The summed E-state index contributed by atoms with van der Waals surface area (Å²) in [5, 5.41) is 4.21. The maximum Gasteiger partial charge on any atom is 0.0521 e. The number of thiophene rings is 1. The number of nitrogens with two attached hydrogens (primary N) is 1. The normalized spacial score (nSPS) is 16.7. The summed E-state index contributed by atoms with van der Waals surface area (Å²) in [4.78, 5) is 2.97. The van der Waals surface area contributed by atoms with Crippen molar-refractivity contribution in [1.29, 1.82) is 0 Å². The molecule has 0 fully saturated rings. The van der Waals surface area contributed by atoms with Crippen molar-refractivity contribution in [1.82, 2.24) is 9.78 Å². The molecule has 108 valence electrons. The summed E-state index contributed by atoms with van der Waals surface area (Å²) >= 11 is 1.95. The summed E-state index contributed by atoms with van der Waals surface area (Å²) in [6, 6.07) is 2.55. The van der Waals surface area contributed by atoms with E-state index in [-0.39, 0.29) is 6.04 Å². The molecule has 20 heavy (non-hydrogen) atoms. The number of fused-ring (bicyclic) bond motifs is 1. The van der Waals surface area contributed by atoms with Crippen molar-refractivity contribution >= 4 is 11.3 Å². The van der Waals surface area contributed by atoms with Crippen LogP contribution in [0.3, 0.4) is 0 Å². The third kappa shape index (κ3) is 3.13. The number of rotatable bonds is 4. The first-order valence-electron chi connectivity index (χ1n) is 7.57. The SMILES string of the molecule is Cn1cc(CCC(N)c2cc3c(s2)CCCCC3)cn1. The van der Waals surface area contributed by atoms with Gasteiger partial charge in [0.1, 0.15) is 0 Å². The maximum absolute atomic E-state index is 6.38. The van der Waals surface area contributed by atoms with Crippen molar-refractivity contribution < 1.29 is 0 Å². The molecule has 2 aromatic rings. The van der Waals surface area contributed by atoms with Gasteiger partial charge in [0.2, 0.25) is 0 Å². The summed E-state index contributed by atoms with van der Waals surface area (Å²) in [6.45, 7) is 0. The fourth-order valence-corrected chi connectivity index (χ4v) is 4.23. The lowest BCUT2D eigenvalue weighted by molar-refractivity contribution is 0.660. The summed E-state index contributed by atoms with van der Waals surface area (Å²) in [5.74, 6) is 0. The lowest BCUT2D eigenvalue weighted by Crippen LogP contribution is -2.09. The highest BCUT2D eigenvalue weighted by Gasteiger charge is 2.16. The van der Waals surface area contributed by atoms with E-state index in [4.69, 9.17) is 5.73 Å². The zero-order valence-electron chi connectivity index (χ0n) is 12.1. The zero-order chi connectivity index (χ0) is 13.9. The van der Waals surface area contributed by atoms with Crippen molar-refractivity contribution in [2.75, 3.05) is 0 Å². The molecule has 2 heterocycles. The highest BCUT2D eigenvalue weighted by molar-refractivity contribution is 7.12. The lowest BCUT2D eigenvalue weighted by atomic mass is 10.1. The topological polar surface area (TPSA) is 43.8 Å². The molecule has 0 aromatic carbocycles. The minimum absolute atomic E-state index is 0.173. The molecule has 2 aromatic heterocycles. The summed E-state index contributed by atoms with van der Waals surface area (Å²) in [6.07, 6.45) is 12.6. The van der Waals surface area contributed by atoms with Crippen molar-refractivity contribution in [3.63, 3.8) is 0 Å². The van der Waals surface area contributed by atoms with E-state index in [1.807, 2.05) is 29.3 Å². The minimum atomic E-state index is 0.173. The molecule has 0 radical (unpaired) electrons. The maximum atomic E-state index is 6.38. The molecule has 0 amide bonds. The van der Waals surface area contributed by atoms with E-state index in [1.54, 1.807) is 10.4 Å². The smallest absolute Gasteiger partial charge is 0.0521 e. The van der Waals surface area contributed by atoms with E-state index < -0.39 is 0 Å². The Bertz CT molecular complexity index is 547. The molecule has 0 aliphatic heterocycles. The van der Waals surface area contributed by atoms with Crippen LogP contribution in [-0.2, 0) is 26.3 Å². The van der Waals surface area contributed by atoms with Gasteiger partial charge in [0.05, 0.1) is 6.20 Å². The molecule has 0 bridgehead atoms. The van der Waals surface area contributed by atoms with Gasteiger partial charge in [-0.1, -0.05) is 6.42 Å². The Labute approximate surface area is 124 Å². The van der Waals surface area contributed by atoms with Gasteiger partial charge in [-0.05, 0) is 55.7 Å². The van der Waals surface area contributed by atoms with Crippen LogP contribution in [0, 0.1) is 0 Å². The van der Waals surface area contributed by atoms with Crippen LogP contribution < -0.4 is 5.73 Å². The Kier molecular flexibility index (Phi) is 4.22. The molecule has 1 unspecified atom stereocenters. The number of aromatic nitrogens is 2. The first-order valence-corrected chi connectivity index (χ1v) is 8.38. The Morgan fingerprint density at radius 1 is 1.35 bits per heavy atom. The van der Waals surface area contributed by atoms with E-state index in [0.717, 1.165) is 12.8 Å². The molecule has 0 spiro atoms. The number of aryl methyl sites for hydroxylation is 4. The Morgan fingerprint density at radius 3 is 3.00 bits per heavy atom. The van der Waals surface area contributed by atoms with Crippen molar-refractivity contribution in [3.05, 3.63) is 39.3 Å². The van der Waals surface area contributed by atoms with Gasteiger partial charge in [-0.15, -0.1) is 11.3 Å². The highest BCUT2D eigenvalue weighted by atomic mass is 32.1. The molecule has 4 heteroatoms. The summed E-state index contributed by atoms with van der Waals surface area (Å²) in [5.41, 5.74) is 9.23. The molecule has 0 saturated carbocycles. The third-order valence-electron chi connectivity index (χ3n) is 4.13. The summed E-state index contributed by atoms with van der Waals surface area (Å²) < 4.78 is 1.86. The Morgan fingerprint density at radius 2 is 2.20 bits per heavy atom. The van der Waals surface area contributed by atoms with Gasteiger partial charge in [0.25, 0.3) is 0 Å². The molecule has 2 N–H and O–H groups in total. The van der Waals surface area contributed by atoms with Crippen molar-refractivity contribution in [3.8, 4) is 0 Å². The van der Waals surface area contributed by atoms with E-state index in [0.29, 0.717) is 0 Å². The third-order valence-corrected chi connectivity index (χ3v) is 5.50. The molecule has 1 aliphatic carbocycles. The first-order chi connectivity index (χ1) is 9.72. The fourth-order valence-electron chi connectivity index (χ4n) is 2.94. The standard InChI is InChI=1S/C16H23N3S/c1-19-11-12(10-18-19)7-8-14(17)16-9-13-5-3-2-4-6-15(13)20-16/h9-11,14H,2-8,17H2,1H3. The van der Waals surface area contributed by atoms with Gasteiger partial charge in [0.15, 0.2) is 0 Å². The Hall–Kier alpha value is -1.13. The second-order valence-electron chi connectivity index (χ2n) is 5.83. The molecular weight excluding hydrogens is 266 g/mol. The molecule has 1 aliphatic rings. The van der Waals surface area contributed by atoms with Crippen LogP contribution in [0.1, 0.15) is 52.6 Å². The van der Waals surface area contributed by atoms with Gasteiger partial charge in [0, 0.05) is 29.0 Å². The van der Waals surface area contributed by atoms with Gasteiger partial charge in [-0.2, -0.15) is 5.10 Å².